The molecule has 2 fully saturated rings. The van der Waals surface area contributed by atoms with Crippen LogP contribution in [0.4, 0.5) is 0 Å². The van der Waals surface area contributed by atoms with Gasteiger partial charge in [-0.2, -0.15) is 0 Å². The Bertz CT molecular complexity index is 711. The highest BCUT2D eigenvalue weighted by Crippen LogP contribution is 2.24. The summed E-state index contributed by atoms with van der Waals surface area (Å²) in [6.07, 6.45) is 3.57. The van der Waals surface area contributed by atoms with Crippen molar-refractivity contribution < 1.29 is 4.79 Å². The number of hydrogen-bond acceptors (Lipinski definition) is 2. The van der Waals surface area contributed by atoms with Crippen LogP contribution in [0, 0.1) is 0 Å². The highest BCUT2D eigenvalue weighted by Gasteiger charge is 2.31. The Balaban J connectivity index is 1.59. The van der Waals surface area contributed by atoms with Gasteiger partial charge in [0.2, 0.25) is 0 Å². The fourth-order valence-electron chi connectivity index (χ4n) is 3.78. The first kappa shape index (κ1) is 14.3. The zero-order valence-corrected chi connectivity index (χ0v) is 14.1. The van der Waals surface area contributed by atoms with E-state index in [0.29, 0.717) is 11.7 Å². The summed E-state index contributed by atoms with van der Waals surface area (Å²) in [4.78, 5) is 20.7. The van der Waals surface area contributed by atoms with Crippen LogP contribution in [0.15, 0.2) is 28.7 Å². The lowest BCUT2D eigenvalue weighted by Crippen LogP contribution is -2.39. The van der Waals surface area contributed by atoms with Gasteiger partial charge in [0.15, 0.2) is 0 Å². The van der Waals surface area contributed by atoms with E-state index in [-0.39, 0.29) is 5.91 Å². The van der Waals surface area contributed by atoms with Crippen LogP contribution in [0.3, 0.4) is 0 Å². The molecule has 2 saturated heterocycles. The van der Waals surface area contributed by atoms with Gasteiger partial charge in [0, 0.05) is 41.1 Å². The number of carbonyl (C=O) groups excluding carboxylic acids is 1. The van der Waals surface area contributed by atoms with Crippen LogP contribution in [0.5, 0.6) is 0 Å². The fraction of sp³-hybridized carbons (Fsp3) is 0.471. The molecule has 0 spiro atoms. The van der Waals surface area contributed by atoms with Crippen LogP contribution in [0.2, 0.25) is 0 Å². The smallest absolute Gasteiger partial charge is 0.270 e. The zero-order chi connectivity index (χ0) is 15.1. The zero-order valence-electron chi connectivity index (χ0n) is 12.5. The first-order valence-electron chi connectivity index (χ1n) is 8.02. The normalized spacial score (nSPS) is 22.8. The topological polar surface area (TPSA) is 39.3 Å². The molecule has 0 unspecified atom stereocenters. The van der Waals surface area contributed by atoms with E-state index in [0.717, 1.165) is 41.4 Å². The van der Waals surface area contributed by atoms with Gasteiger partial charge in [-0.25, -0.2) is 0 Å². The molecule has 1 N–H and O–H groups in total. The molecule has 3 heterocycles. The summed E-state index contributed by atoms with van der Waals surface area (Å²) in [6.45, 7) is 4.07. The largest absolute Gasteiger partial charge is 0.350 e. The molecule has 1 atom stereocenters. The Hall–Kier alpha value is -1.33. The second-order valence-corrected chi connectivity index (χ2v) is 7.27. The van der Waals surface area contributed by atoms with Gasteiger partial charge in [-0.3, -0.25) is 9.69 Å². The average Bonchev–Trinajstić information content (AvgIpc) is 3.07. The van der Waals surface area contributed by atoms with Gasteiger partial charge in [-0.1, -0.05) is 22.0 Å². The standard InChI is InChI=1S/C17H20BrN3O/c18-13-5-4-12-9-16(19-15(12)10-13)17(22)21-8-2-7-20-6-1-3-14(20)11-21/h4-5,9-10,14,19H,1-3,6-8,11H2/t14-/m0/s1. The maximum absolute atomic E-state index is 12.9. The van der Waals surface area contributed by atoms with Crippen molar-refractivity contribution in [2.75, 3.05) is 26.2 Å². The third-order valence-corrected chi connectivity index (χ3v) is 5.40. The molecule has 0 radical (unpaired) electrons. The van der Waals surface area contributed by atoms with Crippen molar-refractivity contribution in [3.8, 4) is 0 Å². The minimum absolute atomic E-state index is 0.140. The van der Waals surface area contributed by atoms with Gasteiger partial charge >= 0.3 is 0 Å². The van der Waals surface area contributed by atoms with Gasteiger partial charge in [0.25, 0.3) is 5.91 Å². The third kappa shape index (κ3) is 2.57. The van der Waals surface area contributed by atoms with E-state index in [1.807, 2.05) is 29.2 Å². The number of nitrogens with zero attached hydrogens (tertiary/aromatic N) is 2. The number of benzene rings is 1. The van der Waals surface area contributed by atoms with E-state index in [1.165, 1.54) is 19.4 Å². The lowest BCUT2D eigenvalue weighted by atomic mass is 10.2. The summed E-state index contributed by atoms with van der Waals surface area (Å²) in [5.74, 6) is 0.140. The summed E-state index contributed by atoms with van der Waals surface area (Å²) < 4.78 is 1.03. The number of rotatable bonds is 1. The van der Waals surface area contributed by atoms with Crippen molar-refractivity contribution in [3.63, 3.8) is 0 Å². The van der Waals surface area contributed by atoms with Gasteiger partial charge in [-0.05, 0) is 44.0 Å². The molecule has 1 aromatic carbocycles. The second-order valence-electron chi connectivity index (χ2n) is 6.35. The van der Waals surface area contributed by atoms with Crippen molar-refractivity contribution >= 4 is 32.7 Å². The van der Waals surface area contributed by atoms with E-state index in [9.17, 15) is 4.79 Å². The lowest BCUT2D eigenvalue weighted by Gasteiger charge is -2.25. The molecule has 2 aliphatic heterocycles. The maximum atomic E-state index is 12.9. The molecule has 22 heavy (non-hydrogen) atoms. The van der Waals surface area contributed by atoms with Gasteiger partial charge < -0.3 is 9.88 Å². The molecule has 116 valence electrons. The quantitative estimate of drug-likeness (QED) is 0.846. The summed E-state index contributed by atoms with van der Waals surface area (Å²) in [6, 6.07) is 8.60. The van der Waals surface area contributed by atoms with Crippen LogP contribution >= 0.6 is 15.9 Å². The number of aromatic nitrogens is 1. The average molecular weight is 362 g/mol. The number of fused-ring (bicyclic) bond motifs is 2. The van der Waals surface area contributed by atoms with E-state index >= 15 is 0 Å². The van der Waals surface area contributed by atoms with E-state index in [2.05, 4.69) is 25.8 Å². The number of carbonyl (C=O) groups is 1. The van der Waals surface area contributed by atoms with Gasteiger partial charge in [-0.15, -0.1) is 0 Å². The maximum Gasteiger partial charge on any atom is 0.270 e. The van der Waals surface area contributed by atoms with Crippen molar-refractivity contribution in [3.05, 3.63) is 34.4 Å². The first-order valence-corrected chi connectivity index (χ1v) is 8.81. The van der Waals surface area contributed by atoms with Gasteiger partial charge in [0.05, 0.1) is 0 Å². The van der Waals surface area contributed by atoms with E-state index < -0.39 is 0 Å². The first-order chi connectivity index (χ1) is 10.7. The monoisotopic (exact) mass is 361 g/mol. The highest BCUT2D eigenvalue weighted by atomic mass is 79.9. The SMILES string of the molecule is O=C(c1cc2ccc(Br)cc2[nH]1)N1CCCN2CCC[C@H]2C1. The van der Waals surface area contributed by atoms with E-state index in [4.69, 9.17) is 0 Å². The molecule has 5 heteroatoms. The van der Waals surface area contributed by atoms with Crippen LogP contribution in [0.25, 0.3) is 10.9 Å². The summed E-state index contributed by atoms with van der Waals surface area (Å²) in [7, 11) is 0. The molecule has 2 aromatic rings. The molecule has 4 rings (SSSR count). The van der Waals surface area contributed by atoms with Crippen LogP contribution < -0.4 is 0 Å². The number of H-pyrrole nitrogens is 1. The number of hydrogen-bond donors (Lipinski definition) is 1. The minimum atomic E-state index is 0.140. The molecule has 1 amide bonds. The van der Waals surface area contributed by atoms with Crippen LogP contribution in [0.1, 0.15) is 29.8 Å². The molecule has 0 saturated carbocycles. The van der Waals surface area contributed by atoms with Crippen molar-refractivity contribution in [2.45, 2.75) is 25.3 Å². The molecular weight excluding hydrogens is 342 g/mol. The molecule has 4 nitrogen and oxygen atoms in total. The van der Waals surface area contributed by atoms with Gasteiger partial charge in [0.1, 0.15) is 5.69 Å². The molecular formula is C17H20BrN3O. The minimum Gasteiger partial charge on any atom is -0.350 e. The van der Waals surface area contributed by atoms with Crippen LogP contribution in [-0.4, -0.2) is 52.9 Å². The van der Waals surface area contributed by atoms with Crippen molar-refractivity contribution in [2.24, 2.45) is 0 Å². The number of amides is 1. The lowest BCUT2D eigenvalue weighted by molar-refractivity contribution is 0.0738. The molecule has 1 aromatic heterocycles. The predicted molar refractivity (Wildman–Crippen MR) is 91.1 cm³/mol. The summed E-state index contributed by atoms with van der Waals surface area (Å²) >= 11 is 3.48. The van der Waals surface area contributed by atoms with Crippen molar-refractivity contribution in [1.29, 1.82) is 0 Å². The van der Waals surface area contributed by atoms with E-state index in [1.54, 1.807) is 0 Å². The number of aromatic amines is 1. The van der Waals surface area contributed by atoms with Crippen molar-refractivity contribution in [1.82, 2.24) is 14.8 Å². The predicted octanol–water partition coefficient (Wildman–Crippen LogP) is 3.24. The highest BCUT2D eigenvalue weighted by molar-refractivity contribution is 9.10. The summed E-state index contributed by atoms with van der Waals surface area (Å²) in [5, 5.41) is 1.09. The Labute approximate surface area is 138 Å². The summed E-state index contributed by atoms with van der Waals surface area (Å²) in [5.41, 5.74) is 1.72. The Morgan fingerprint density at radius 3 is 2.95 bits per heavy atom. The Morgan fingerprint density at radius 1 is 1.18 bits per heavy atom. The second kappa shape index (κ2) is 5.70. The number of halogens is 1. The number of nitrogens with one attached hydrogen (secondary N) is 1. The third-order valence-electron chi connectivity index (χ3n) is 4.91. The fourth-order valence-corrected chi connectivity index (χ4v) is 4.14. The Kier molecular flexibility index (Phi) is 3.70. The Morgan fingerprint density at radius 2 is 2.05 bits per heavy atom. The molecule has 0 bridgehead atoms. The van der Waals surface area contributed by atoms with Crippen LogP contribution in [-0.2, 0) is 0 Å². The molecule has 2 aliphatic rings. The molecule has 0 aliphatic carbocycles.